The molecule has 0 N–H and O–H groups in total. The van der Waals surface area contributed by atoms with Crippen LogP contribution in [0.5, 0.6) is 0 Å². The standard InChI is InChI=1S/C4H9B3/c1-3(5)4(6)7-2/h5-7H,1-2H3. The van der Waals surface area contributed by atoms with Crippen molar-refractivity contribution in [1.82, 2.24) is 0 Å². The minimum atomic E-state index is 1.02. The average molecular weight is 89.6 g/mol. The summed E-state index contributed by atoms with van der Waals surface area (Å²) in [6, 6.07) is 0. The van der Waals surface area contributed by atoms with Gasteiger partial charge in [-0.05, 0) is 0 Å². The summed E-state index contributed by atoms with van der Waals surface area (Å²) in [4.78, 5) is 0. The summed E-state index contributed by atoms with van der Waals surface area (Å²) in [5.41, 5.74) is 1.10. The van der Waals surface area contributed by atoms with Gasteiger partial charge in [0.2, 0.25) is 0 Å². The van der Waals surface area contributed by atoms with Crippen molar-refractivity contribution in [3.05, 3.63) is 0 Å². The van der Waals surface area contributed by atoms with Gasteiger partial charge < -0.3 is 0 Å². The Morgan fingerprint density at radius 3 is 1.86 bits per heavy atom. The van der Waals surface area contributed by atoms with E-state index < -0.39 is 0 Å². The van der Waals surface area contributed by atoms with Crippen molar-refractivity contribution < 1.29 is 0 Å². The van der Waals surface area contributed by atoms with Crippen LogP contribution in [-0.2, 0) is 0 Å². The molecule has 0 aliphatic carbocycles. The zero-order valence-electron chi connectivity index (χ0n) is 5.12. The summed E-state index contributed by atoms with van der Waals surface area (Å²) in [5.74, 6) is 0. The summed E-state index contributed by atoms with van der Waals surface area (Å²) in [7, 11) is 8.52. The average Bonchev–Trinajstić information content (AvgIpc) is 1.65. The van der Waals surface area contributed by atoms with Crippen molar-refractivity contribution in [2.45, 2.75) is 13.7 Å². The molecule has 0 aromatic rings. The molecule has 0 bridgehead atoms. The van der Waals surface area contributed by atoms with Gasteiger partial charge in [-0.2, -0.15) is 0 Å². The zero-order chi connectivity index (χ0) is 5.86. The van der Waals surface area contributed by atoms with Gasteiger partial charge in [0.1, 0.15) is 0 Å². The molecule has 0 rings (SSSR count). The van der Waals surface area contributed by atoms with E-state index in [0.717, 1.165) is 18.1 Å². The molecule has 0 spiro atoms. The van der Waals surface area contributed by atoms with Gasteiger partial charge in [0.15, 0.2) is 0 Å². The van der Waals surface area contributed by atoms with Crippen LogP contribution in [0.4, 0.5) is 0 Å². The van der Waals surface area contributed by atoms with Crippen LogP contribution >= 0.6 is 0 Å². The van der Waals surface area contributed by atoms with Crippen LogP contribution < -0.4 is 0 Å². The predicted octanol–water partition coefficient (Wildman–Crippen LogP) is -1.41. The normalized spacial score (nSPS) is 7.43. The van der Waals surface area contributed by atoms with E-state index in [1.165, 1.54) is 0 Å². The van der Waals surface area contributed by atoms with Gasteiger partial charge in [-0.25, -0.2) is 0 Å². The molecule has 0 aromatic carbocycles. The fraction of sp³-hybridized carbons (Fsp3) is 0.500. The number of rotatable bonds is 2. The van der Waals surface area contributed by atoms with E-state index in [1.807, 2.05) is 6.92 Å². The van der Waals surface area contributed by atoms with E-state index in [1.54, 1.807) is 0 Å². The third kappa shape index (κ3) is 2.61. The van der Waals surface area contributed by atoms with Crippen LogP contribution in [0.25, 0.3) is 0 Å². The fourth-order valence-electron chi connectivity index (χ4n) is 0.302. The van der Waals surface area contributed by atoms with Crippen molar-refractivity contribution in [3.63, 3.8) is 0 Å². The van der Waals surface area contributed by atoms with Gasteiger partial charge in [0.05, 0.1) is 0 Å². The first-order chi connectivity index (χ1) is 3.18. The Kier molecular flexibility index (Phi) is 2.98. The molecule has 0 atom stereocenters. The Labute approximate surface area is 47.7 Å². The quantitative estimate of drug-likeness (QED) is 0.365. The Hall–Kier alpha value is -0.0652. The first kappa shape index (κ1) is 6.93. The topological polar surface area (TPSA) is 0 Å². The molecule has 34 valence electrons. The SMILES string of the molecule is B=C(C)C(=B)BC. The van der Waals surface area contributed by atoms with Gasteiger partial charge in [-0.15, -0.1) is 0 Å². The molecule has 0 heterocycles. The number of hydrogen-bond donors (Lipinski definition) is 0. The molecule has 0 aromatic heterocycles. The van der Waals surface area contributed by atoms with Crippen LogP contribution in [0.1, 0.15) is 6.92 Å². The summed E-state index contributed by atoms with van der Waals surface area (Å²) >= 11 is 0. The van der Waals surface area contributed by atoms with Crippen molar-refractivity contribution in [3.8, 4) is 0 Å². The van der Waals surface area contributed by atoms with E-state index in [-0.39, 0.29) is 0 Å². The molecule has 0 aliphatic rings. The van der Waals surface area contributed by atoms with Gasteiger partial charge in [-0.3, -0.25) is 0 Å². The molecule has 0 fully saturated rings. The van der Waals surface area contributed by atoms with Crippen molar-refractivity contribution in [2.75, 3.05) is 0 Å². The maximum atomic E-state index is 3.77. The van der Waals surface area contributed by atoms with E-state index in [4.69, 9.17) is 0 Å². The third-order valence-corrected chi connectivity index (χ3v) is 1.03. The van der Waals surface area contributed by atoms with Crippen LogP contribution in [0.15, 0.2) is 0 Å². The van der Waals surface area contributed by atoms with Crippen molar-refractivity contribution in [1.29, 1.82) is 0 Å². The molecule has 0 unspecified atom stereocenters. The molecular formula is C4H9B3. The van der Waals surface area contributed by atoms with E-state index in [0.29, 0.717) is 0 Å². The van der Waals surface area contributed by atoms with Gasteiger partial charge >= 0.3 is 46.8 Å². The fourth-order valence-corrected chi connectivity index (χ4v) is 0.302. The summed E-state index contributed by atoms with van der Waals surface area (Å²) in [6.45, 7) is 4.06. The Morgan fingerprint density at radius 2 is 1.86 bits per heavy atom. The molecule has 0 amide bonds. The van der Waals surface area contributed by atoms with Crippen LogP contribution in [0, 0.1) is 0 Å². The maximum absolute atomic E-state index is 3.77. The summed E-state index contributed by atoms with van der Waals surface area (Å²) in [5, 5.41) is 1.15. The summed E-state index contributed by atoms with van der Waals surface area (Å²) < 4.78 is 0. The second-order valence-electron chi connectivity index (χ2n) is 1.74. The van der Waals surface area contributed by atoms with Crippen LogP contribution in [0.3, 0.4) is 0 Å². The van der Waals surface area contributed by atoms with Crippen LogP contribution in [0.2, 0.25) is 6.82 Å². The first-order valence-electron chi connectivity index (χ1n) is 2.52. The first-order valence-corrected chi connectivity index (χ1v) is 2.52. The number of hydrogen-bond acceptors (Lipinski definition) is 0. The van der Waals surface area contributed by atoms with Crippen molar-refractivity contribution >= 4 is 33.1 Å². The molecule has 3 heteroatoms. The third-order valence-electron chi connectivity index (χ3n) is 1.03. The van der Waals surface area contributed by atoms with E-state index in [2.05, 4.69) is 21.8 Å². The second-order valence-corrected chi connectivity index (χ2v) is 1.74. The van der Waals surface area contributed by atoms with Crippen molar-refractivity contribution in [2.24, 2.45) is 0 Å². The van der Waals surface area contributed by atoms with Gasteiger partial charge in [0, 0.05) is 0 Å². The molecule has 0 saturated heterocycles. The van der Waals surface area contributed by atoms with Crippen LogP contribution in [-0.4, -0.2) is 33.1 Å². The monoisotopic (exact) mass is 90.1 g/mol. The molecule has 7 heavy (non-hydrogen) atoms. The molecule has 0 saturated carbocycles. The van der Waals surface area contributed by atoms with E-state index >= 15 is 0 Å². The Bertz CT molecular complexity index is 95.1. The molecule has 0 radical (unpaired) electrons. The molecule has 0 aliphatic heterocycles. The molecule has 0 nitrogen and oxygen atoms in total. The van der Waals surface area contributed by atoms with Gasteiger partial charge in [-0.1, -0.05) is 0 Å². The zero-order valence-corrected chi connectivity index (χ0v) is 5.12. The molecular weight excluding hydrogens is 80.5 g/mol. The summed E-state index contributed by atoms with van der Waals surface area (Å²) in [6.07, 6.45) is 0. The Balaban J connectivity index is 3.58. The van der Waals surface area contributed by atoms with E-state index in [9.17, 15) is 0 Å². The minimum absolute atomic E-state index is 1.02. The second kappa shape index (κ2) is 3.01. The Morgan fingerprint density at radius 1 is 1.43 bits per heavy atom. The van der Waals surface area contributed by atoms with Gasteiger partial charge in [0.25, 0.3) is 0 Å². The predicted molar refractivity (Wildman–Crippen MR) is 43.0 cm³/mol.